The van der Waals surface area contributed by atoms with E-state index >= 15 is 0 Å². The van der Waals surface area contributed by atoms with Crippen LogP contribution in [0.5, 0.6) is 5.75 Å². The molecule has 0 spiro atoms. The zero-order valence-electron chi connectivity index (χ0n) is 11.5. The molecule has 0 amide bonds. The fourth-order valence-electron chi connectivity index (χ4n) is 2.22. The molecule has 1 aromatic carbocycles. The first-order chi connectivity index (χ1) is 10.1. The van der Waals surface area contributed by atoms with E-state index in [1.807, 2.05) is 6.07 Å². The van der Waals surface area contributed by atoms with E-state index in [9.17, 15) is 9.59 Å². The first kappa shape index (κ1) is 13.2. The Morgan fingerprint density at radius 3 is 2.90 bits per heavy atom. The van der Waals surface area contributed by atoms with Gasteiger partial charge < -0.3 is 14.5 Å². The van der Waals surface area contributed by atoms with Gasteiger partial charge in [0.1, 0.15) is 23.3 Å². The van der Waals surface area contributed by atoms with E-state index in [1.165, 1.54) is 18.0 Å². The molecule has 108 valence electrons. The third-order valence-corrected chi connectivity index (χ3v) is 3.31. The minimum absolute atomic E-state index is 0.170. The van der Waals surface area contributed by atoms with Gasteiger partial charge in [0.25, 0.3) is 5.56 Å². The van der Waals surface area contributed by atoms with Gasteiger partial charge in [-0.1, -0.05) is 0 Å². The molecule has 2 heterocycles. The summed E-state index contributed by atoms with van der Waals surface area (Å²) in [6.45, 7) is -0.170. The molecule has 3 aromatic rings. The quantitative estimate of drug-likeness (QED) is 0.728. The van der Waals surface area contributed by atoms with Crippen LogP contribution in [0.2, 0.25) is 0 Å². The predicted octanol–water partition coefficient (Wildman–Crippen LogP) is 1.06. The number of methoxy groups -OCH3 is 2. The van der Waals surface area contributed by atoms with Crippen LogP contribution >= 0.6 is 0 Å². The Kier molecular flexibility index (Phi) is 3.09. The second-order valence-corrected chi connectivity index (χ2v) is 4.51. The fourth-order valence-corrected chi connectivity index (χ4v) is 2.22. The first-order valence-corrected chi connectivity index (χ1v) is 6.25. The van der Waals surface area contributed by atoms with Gasteiger partial charge in [0.2, 0.25) is 0 Å². The molecule has 0 saturated heterocycles. The highest BCUT2D eigenvalue weighted by Crippen LogP contribution is 2.25. The van der Waals surface area contributed by atoms with Crippen LogP contribution in [0, 0.1) is 0 Å². The third kappa shape index (κ3) is 2.12. The highest BCUT2D eigenvalue weighted by atomic mass is 16.5. The van der Waals surface area contributed by atoms with Gasteiger partial charge in [-0.05, 0) is 12.1 Å². The van der Waals surface area contributed by atoms with Gasteiger partial charge in [0, 0.05) is 11.5 Å². The highest BCUT2D eigenvalue weighted by molar-refractivity contribution is 6.04. The third-order valence-electron chi connectivity index (χ3n) is 3.31. The summed E-state index contributed by atoms with van der Waals surface area (Å²) < 4.78 is 10.9. The SMILES string of the molecule is COC(=O)Cn1cnc2c([nH]c3cc(OC)ccc32)c1=O. The topological polar surface area (TPSA) is 86.2 Å². The van der Waals surface area contributed by atoms with Crippen molar-refractivity contribution in [3.05, 3.63) is 34.9 Å². The van der Waals surface area contributed by atoms with E-state index in [0.29, 0.717) is 16.8 Å². The number of fused-ring (bicyclic) bond motifs is 3. The van der Waals surface area contributed by atoms with Crippen LogP contribution in [0.15, 0.2) is 29.3 Å². The van der Waals surface area contributed by atoms with Crippen molar-refractivity contribution in [3.63, 3.8) is 0 Å². The van der Waals surface area contributed by atoms with Gasteiger partial charge in [-0.25, -0.2) is 4.98 Å². The average molecular weight is 287 g/mol. The lowest BCUT2D eigenvalue weighted by molar-refractivity contribution is -0.141. The van der Waals surface area contributed by atoms with Crippen molar-refractivity contribution in [1.29, 1.82) is 0 Å². The fraction of sp³-hybridized carbons (Fsp3) is 0.214. The van der Waals surface area contributed by atoms with E-state index in [1.54, 1.807) is 19.2 Å². The minimum Gasteiger partial charge on any atom is -0.497 e. The number of nitrogens with one attached hydrogen (secondary N) is 1. The number of hydrogen-bond acceptors (Lipinski definition) is 5. The Morgan fingerprint density at radius 1 is 1.38 bits per heavy atom. The lowest BCUT2D eigenvalue weighted by Gasteiger charge is -2.02. The zero-order chi connectivity index (χ0) is 15.0. The maximum Gasteiger partial charge on any atom is 0.325 e. The number of carbonyl (C=O) groups excluding carboxylic acids is 1. The summed E-state index contributed by atoms with van der Waals surface area (Å²) in [5, 5.41) is 0.827. The Balaban J connectivity index is 2.21. The molecule has 21 heavy (non-hydrogen) atoms. The molecular formula is C14H13N3O4. The molecule has 3 rings (SSSR count). The number of aromatic nitrogens is 3. The molecule has 7 nitrogen and oxygen atoms in total. The normalized spacial score (nSPS) is 11.0. The smallest absolute Gasteiger partial charge is 0.325 e. The van der Waals surface area contributed by atoms with Crippen LogP contribution in [0.1, 0.15) is 0 Å². The molecule has 0 aliphatic carbocycles. The van der Waals surface area contributed by atoms with Crippen molar-refractivity contribution in [3.8, 4) is 5.75 Å². The van der Waals surface area contributed by atoms with Gasteiger partial charge in [0.05, 0.1) is 26.1 Å². The maximum absolute atomic E-state index is 12.4. The second kappa shape index (κ2) is 4.93. The molecular weight excluding hydrogens is 274 g/mol. The van der Waals surface area contributed by atoms with E-state index < -0.39 is 5.97 Å². The van der Waals surface area contributed by atoms with Crippen molar-refractivity contribution < 1.29 is 14.3 Å². The first-order valence-electron chi connectivity index (χ1n) is 6.25. The standard InChI is InChI=1S/C14H13N3O4/c1-20-8-3-4-9-10(5-8)16-13-12(9)15-7-17(14(13)19)6-11(18)21-2/h3-5,7,16H,6H2,1-2H3. The van der Waals surface area contributed by atoms with Gasteiger partial charge >= 0.3 is 5.97 Å². The summed E-state index contributed by atoms with van der Waals surface area (Å²) >= 11 is 0. The van der Waals surface area contributed by atoms with Crippen molar-refractivity contribution >= 4 is 27.9 Å². The summed E-state index contributed by atoms with van der Waals surface area (Å²) in [5.74, 6) is 0.181. The lowest BCUT2D eigenvalue weighted by Crippen LogP contribution is -2.25. The Bertz CT molecular complexity index is 894. The number of hydrogen-bond donors (Lipinski definition) is 1. The Morgan fingerprint density at radius 2 is 2.19 bits per heavy atom. The van der Waals surface area contributed by atoms with Crippen LogP contribution in [-0.2, 0) is 16.1 Å². The zero-order valence-corrected chi connectivity index (χ0v) is 11.5. The average Bonchev–Trinajstić information content (AvgIpc) is 2.88. The van der Waals surface area contributed by atoms with Crippen LogP contribution in [0.25, 0.3) is 21.9 Å². The largest absolute Gasteiger partial charge is 0.497 e. The molecule has 0 atom stereocenters. The van der Waals surface area contributed by atoms with E-state index in [0.717, 1.165) is 10.9 Å². The number of aromatic amines is 1. The summed E-state index contributed by atoms with van der Waals surface area (Å²) in [6.07, 6.45) is 1.35. The summed E-state index contributed by atoms with van der Waals surface area (Å²) in [6, 6.07) is 5.43. The molecule has 2 aromatic heterocycles. The number of ether oxygens (including phenoxy) is 2. The van der Waals surface area contributed by atoms with Crippen LogP contribution < -0.4 is 10.3 Å². The predicted molar refractivity (Wildman–Crippen MR) is 76.4 cm³/mol. The number of nitrogens with zero attached hydrogens (tertiary/aromatic N) is 2. The molecule has 7 heteroatoms. The summed E-state index contributed by atoms with van der Waals surface area (Å²) in [4.78, 5) is 30.9. The maximum atomic E-state index is 12.4. The van der Waals surface area contributed by atoms with Crippen LogP contribution in [0.4, 0.5) is 0 Å². The number of esters is 1. The van der Waals surface area contributed by atoms with Gasteiger partial charge in [0.15, 0.2) is 0 Å². The second-order valence-electron chi connectivity index (χ2n) is 4.51. The van der Waals surface area contributed by atoms with Crippen molar-refractivity contribution in [2.75, 3.05) is 14.2 Å². The molecule has 0 aliphatic rings. The van der Waals surface area contributed by atoms with Crippen molar-refractivity contribution in [2.24, 2.45) is 0 Å². The number of carbonyl (C=O) groups is 1. The summed E-state index contributed by atoms with van der Waals surface area (Å²) in [5.41, 5.74) is 1.36. The molecule has 0 radical (unpaired) electrons. The molecule has 0 fully saturated rings. The molecule has 1 N–H and O–H groups in total. The van der Waals surface area contributed by atoms with E-state index in [2.05, 4.69) is 14.7 Å². The van der Waals surface area contributed by atoms with Crippen molar-refractivity contribution in [1.82, 2.24) is 14.5 Å². The Labute approximate surface area is 119 Å². The van der Waals surface area contributed by atoms with Gasteiger partial charge in [-0.3, -0.25) is 14.2 Å². The van der Waals surface area contributed by atoms with Gasteiger partial charge in [-0.15, -0.1) is 0 Å². The number of benzene rings is 1. The van der Waals surface area contributed by atoms with Crippen LogP contribution in [0.3, 0.4) is 0 Å². The minimum atomic E-state index is -0.504. The number of H-pyrrole nitrogens is 1. The van der Waals surface area contributed by atoms with Crippen molar-refractivity contribution in [2.45, 2.75) is 6.54 Å². The van der Waals surface area contributed by atoms with E-state index in [4.69, 9.17) is 4.74 Å². The molecule has 0 unspecified atom stereocenters. The molecule has 0 aliphatic heterocycles. The Hall–Kier alpha value is -2.83. The van der Waals surface area contributed by atoms with E-state index in [-0.39, 0.29) is 12.1 Å². The monoisotopic (exact) mass is 287 g/mol. The molecule has 0 bridgehead atoms. The molecule has 0 saturated carbocycles. The number of rotatable bonds is 3. The van der Waals surface area contributed by atoms with Gasteiger partial charge in [-0.2, -0.15) is 0 Å². The summed E-state index contributed by atoms with van der Waals surface area (Å²) in [7, 11) is 2.85. The van der Waals surface area contributed by atoms with Crippen LogP contribution in [-0.4, -0.2) is 34.7 Å². The lowest BCUT2D eigenvalue weighted by atomic mass is 10.2. The highest BCUT2D eigenvalue weighted by Gasteiger charge is 2.13.